The number of thioether (sulfide) groups is 2. The van der Waals surface area contributed by atoms with E-state index in [1.54, 1.807) is 0 Å². The Hall–Kier alpha value is 0.0295. The molecule has 2 fully saturated rings. The summed E-state index contributed by atoms with van der Waals surface area (Å²) in [5.74, 6) is -0.202. The molecule has 2 rings (SSSR count). The molecular formula is C5H4N2O2S2Se. The van der Waals surface area contributed by atoms with Crippen LogP contribution in [0.3, 0.4) is 0 Å². The first-order valence-corrected chi connectivity index (χ1v) is 5.77. The quantitative estimate of drug-likeness (QED) is 0.567. The SMILES string of the molecule is O=C1NC(=O)C2SC(=[Se])SC2N1. The monoisotopic (exact) mass is 268 g/mol. The molecule has 2 heterocycles. The van der Waals surface area contributed by atoms with Gasteiger partial charge in [0.25, 0.3) is 0 Å². The van der Waals surface area contributed by atoms with Gasteiger partial charge in [-0.3, -0.25) is 0 Å². The van der Waals surface area contributed by atoms with E-state index in [0.717, 1.165) is 3.08 Å². The summed E-state index contributed by atoms with van der Waals surface area (Å²) in [5, 5.41) is 4.61. The van der Waals surface area contributed by atoms with Crippen molar-refractivity contribution >= 4 is 54.1 Å². The molecule has 2 aliphatic rings. The van der Waals surface area contributed by atoms with Crippen LogP contribution in [0.2, 0.25) is 0 Å². The second-order valence-electron chi connectivity index (χ2n) is 2.29. The van der Waals surface area contributed by atoms with Crippen LogP contribution in [-0.4, -0.2) is 41.2 Å². The summed E-state index contributed by atoms with van der Waals surface area (Å²) >= 11 is 5.79. The van der Waals surface area contributed by atoms with Crippen LogP contribution in [-0.2, 0) is 4.79 Å². The van der Waals surface area contributed by atoms with Gasteiger partial charge in [0.1, 0.15) is 0 Å². The van der Waals surface area contributed by atoms with Crippen LogP contribution >= 0.6 is 23.5 Å². The second kappa shape index (κ2) is 3.06. The molecule has 3 amide bonds. The summed E-state index contributed by atoms with van der Waals surface area (Å²) in [6.45, 7) is 0. The number of hydrogen-bond donors (Lipinski definition) is 2. The summed E-state index contributed by atoms with van der Waals surface area (Å²) in [6, 6.07) is -0.399. The number of hydrogen-bond acceptors (Lipinski definition) is 4. The Bertz CT molecular complexity index is 283. The number of carbonyl (C=O) groups excluding carboxylic acids is 2. The molecule has 2 unspecified atom stereocenters. The van der Waals surface area contributed by atoms with Gasteiger partial charge in [-0.15, -0.1) is 0 Å². The van der Waals surface area contributed by atoms with Crippen molar-refractivity contribution < 1.29 is 9.59 Å². The second-order valence-corrected chi connectivity index (χ2v) is 6.87. The molecule has 0 aromatic carbocycles. The van der Waals surface area contributed by atoms with Crippen LogP contribution in [0.4, 0.5) is 4.79 Å². The van der Waals surface area contributed by atoms with Gasteiger partial charge in [-0.2, -0.15) is 0 Å². The van der Waals surface area contributed by atoms with Gasteiger partial charge < -0.3 is 0 Å². The number of carbonyl (C=O) groups is 2. The zero-order chi connectivity index (χ0) is 8.72. The van der Waals surface area contributed by atoms with Crippen molar-refractivity contribution in [2.24, 2.45) is 0 Å². The fourth-order valence-electron chi connectivity index (χ4n) is 1.00. The molecule has 2 N–H and O–H groups in total. The summed E-state index contributed by atoms with van der Waals surface area (Å²) in [4.78, 5) is 22.0. The molecule has 0 aromatic rings. The van der Waals surface area contributed by atoms with Crippen molar-refractivity contribution in [1.82, 2.24) is 10.6 Å². The molecule has 0 bridgehead atoms. The van der Waals surface area contributed by atoms with Crippen LogP contribution in [0.5, 0.6) is 0 Å². The van der Waals surface area contributed by atoms with Crippen LogP contribution in [0.15, 0.2) is 0 Å². The third kappa shape index (κ3) is 1.42. The Morgan fingerprint density at radius 3 is 2.83 bits per heavy atom. The number of imide groups is 1. The summed E-state index contributed by atoms with van der Waals surface area (Å²) in [7, 11) is 0. The minimum absolute atomic E-state index is 0.104. The molecule has 2 saturated heterocycles. The van der Waals surface area contributed by atoms with Crippen LogP contribution < -0.4 is 10.6 Å². The van der Waals surface area contributed by atoms with Crippen molar-refractivity contribution in [3.8, 4) is 0 Å². The Labute approximate surface area is 85.0 Å². The third-order valence-corrected chi connectivity index (χ3v) is 5.22. The predicted molar refractivity (Wildman–Crippen MR) is 50.2 cm³/mol. The number of amides is 3. The van der Waals surface area contributed by atoms with Crippen LogP contribution in [0.1, 0.15) is 0 Å². The molecular weight excluding hydrogens is 263 g/mol. The maximum atomic E-state index is 11.2. The molecule has 2 aliphatic heterocycles. The van der Waals surface area contributed by atoms with Crippen LogP contribution in [0, 0.1) is 0 Å². The van der Waals surface area contributed by atoms with E-state index in [1.165, 1.54) is 23.5 Å². The zero-order valence-corrected chi connectivity index (χ0v) is 9.04. The number of rotatable bonds is 0. The van der Waals surface area contributed by atoms with Gasteiger partial charge in [0.15, 0.2) is 0 Å². The maximum absolute atomic E-state index is 11.2. The fraction of sp³-hybridized carbons (Fsp3) is 0.400. The summed E-state index contributed by atoms with van der Waals surface area (Å²) < 4.78 is 1.00. The molecule has 12 heavy (non-hydrogen) atoms. The van der Waals surface area contributed by atoms with Crippen molar-refractivity contribution in [2.75, 3.05) is 0 Å². The van der Waals surface area contributed by atoms with E-state index in [-0.39, 0.29) is 16.5 Å². The number of urea groups is 1. The molecule has 0 radical (unpaired) electrons. The van der Waals surface area contributed by atoms with Gasteiger partial charge in [0.2, 0.25) is 0 Å². The Morgan fingerprint density at radius 1 is 1.33 bits per heavy atom. The zero-order valence-electron chi connectivity index (χ0n) is 5.70. The predicted octanol–water partition coefficient (Wildman–Crippen LogP) is -0.744. The van der Waals surface area contributed by atoms with E-state index in [9.17, 15) is 9.59 Å². The minimum atomic E-state index is -0.399. The number of nitrogens with one attached hydrogen (secondary N) is 2. The Kier molecular flexibility index (Phi) is 2.20. The normalized spacial score (nSPS) is 34.2. The van der Waals surface area contributed by atoms with Crippen molar-refractivity contribution in [1.29, 1.82) is 0 Å². The molecule has 0 saturated carbocycles. The van der Waals surface area contributed by atoms with E-state index >= 15 is 0 Å². The molecule has 7 heteroatoms. The van der Waals surface area contributed by atoms with Gasteiger partial charge >= 0.3 is 85.0 Å². The number of fused-ring (bicyclic) bond motifs is 1. The molecule has 4 nitrogen and oxygen atoms in total. The van der Waals surface area contributed by atoms with Crippen molar-refractivity contribution in [3.05, 3.63) is 0 Å². The first-order valence-electron chi connectivity index (χ1n) is 3.15. The van der Waals surface area contributed by atoms with E-state index in [4.69, 9.17) is 0 Å². The molecule has 0 aromatic heterocycles. The van der Waals surface area contributed by atoms with E-state index in [1.807, 2.05) is 0 Å². The average Bonchev–Trinajstić information content (AvgIpc) is 2.29. The van der Waals surface area contributed by atoms with E-state index in [0.29, 0.717) is 0 Å². The topological polar surface area (TPSA) is 58.2 Å². The fourth-order valence-corrected chi connectivity index (χ4v) is 4.67. The standard InChI is InChI=1S/C5H4N2O2S2Se/c8-2-1-3(7-4(9)6-2)11-5(12)10-1/h1,3H,(H2,6,7,8,9). The van der Waals surface area contributed by atoms with E-state index in [2.05, 4.69) is 26.2 Å². The average molecular weight is 267 g/mol. The molecule has 64 valence electrons. The molecule has 0 spiro atoms. The van der Waals surface area contributed by atoms with Crippen molar-refractivity contribution in [2.45, 2.75) is 10.6 Å². The van der Waals surface area contributed by atoms with Gasteiger partial charge in [0, 0.05) is 0 Å². The first-order chi connectivity index (χ1) is 5.66. The Balaban J connectivity index is 2.20. The van der Waals surface area contributed by atoms with E-state index < -0.39 is 6.03 Å². The van der Waals surface area contributed by atoms with Gasteiger partial charge in [0.05, 0.1) is 0 Å². The molecule has 0 aliphatic carbocycles. The van der Waals surface area contributed by atoms with Gasteiger partial charge in [-0.05, 0) is 0 Å². The van der Waals surface area contributed by atoms with Crippen LogP contribution in [0.25, 0.3) is 0 Å². The summed E-state index contributed by atoms with van der Waals surface area (Å²) in [6.07, 6.45) is 0. The Morgan fingerprint density at radius 2 is 2.08 bits per heavy atom. The van der Waals surface area contributed by atoms with Gasteiger partial charge in [-0.1, -0.05) is 0 Å². The third-order valence-electron chi connectivity index (χ3n) is 1.49. The molecule has 2 atom stereocenters. The van der Waals surface area contributed by atoms with Gasteiger partial charge in [-0.25, -0.2) is 0 Å². The van der Waals surface area contributed by atoms with Crippen molar-refractivity contribution in [3.63, 3.8) is 0 Å². The first kappa shape index (κ1) is 8.62. The summed E-state index contributed by atoms with van der Waals surface area (Å²) in [5.41, 5.74) is 0.